The smallest absolute Gasteiger partial charge is 0.402 e. The third-order valence-electron chi connectivity index (χ3n) is 3.28. The second-order valence-corrected chi connectivity index (χ2v) is 10.5. The topological polar surface area (TPSA) is 35.2 Å². The van der Waals surface area contributed by atoms with E-state index in [-0.39, 0.29) is 5.04 Å². The number of rotatable bonds is 3. The van der Waals surface area contributed by atoms with E-state index in [9.17, 15) is 13.2 Å². The minimum Gasteiger partial charge on any atom is -0.402 e. The zero-order valence-corrected chi connectivity index (χ0v) is 11.8. The minimum absolute atomic E-state index is 0.269. The van der Waals surface area contributed by atoms with E-state index in [0.717, 1.165) is 6.92 Å². The summed E-state index contributed by atoms with van der Waals surface area (Å²) in [5, 5.41) is -0.269. The first-order valence-electron chi connectivity index (χ1n) is 5.24. The monoisotopic (exact) mass is 257 g/mol. The van der Waals surface area contributed by atoms with Crippen LogP contribution in [0.1, 0.15) is 27.7 Å². The lowest BCUT2D eigenvalue weighted by atomic mass is 10.1. The zero-order chi connectivity index (χ0) is 13.4. The van der Waals surface area contributed by atoms with E-state index in [1.807, 2.05) is 20.8 Å². The van der Waals surface area contributed by atoms with Crippen LogP contribution < -0.4 is 5.73 Å². The van der Waals surface area contributed by atoms with Crippen molar-refractivity contribution in [1.82, 2.24) is 0 Å². The van der Waals surface area contributed by atoms with Gasteiger partial charge < -0.3 is 10.2 Å². The molecule has 2 nitrogen and oxygen atoms in total. The Labute approximate surface area is 96.5 Å². The van der Waals surface area contributed by atoms with Crippen LogP contribution in [0.15, 0.2) is 0 Å². The predicted octanol–water partition coefficient (Wildman–Crippen LogP) is 3.29. The number of hydrogen-bond donors (Lipinski definition) is 1. The van der Waals surface area contributed by atoms with E-state index in [4.69, 9.17) is 10.2 Å². The van der Waals surface area contributed by atoms with Gasteiger partial charge in [-0.25, -0.2) is 0 Å². The molecule has 98 valence electrons. The molecule has 0 amide bonds. The van der Waals surface area contributed by atoms with Crippen LogP contribution in [0.5, 0.6) is 0 Å². The van der Waals surface area contributed by atoms with Crippen LogP contribution in [0, 0.1) is 0 Å². The molecular weight excluding hydrogens is 235 g/mol. The maximum Gasteiger partial charge on any atom is 0.417 e. The Hall–Kier alpha value is -0.0731. The molecule has 0 aliphatic heterocycles. The van der Waals surface area contributed by atoms with Gasteiger partial charge in [-0.2, -0.15) is 13.2 Å². The number of nitrogens with two attached hydrogens (primary N) is 1. The van der Waals surface area contributed by atoms with E-state index in [1.165, 1.54) is 0 Å². The molecule has 1 unspecified atom stereocenters. The molecule has 0 rings (SSSR count). The summed E-state index contributed by atoms with van der Waals surface area (Å²) < 4.78 is 43.9. The Kier molecular flexibility index (Phi) is 4.29. The van der Waals surface area contributed by atoms with E-state index < -0.39 is 26.6 Å². The first-order chi connectivity index (χ1) is 6.77. The first-order valence-corrected chi connectivity index (χ1v) is 8.15. The van der Waals surface area contributed by atoms with Crippen LogP contribution in [0.4, 0.5) is 13.2 Å². The number of halogens is 3. The summed E-state index contributed by atoms with van der Waals surface area (Å²) in [6, 6.07) is 0. The quantitative estimate of drug-likeness (QED) is 0.787. The maximum absolute atomic E-state index is 12.8. The molecule has 0 bridgehead atoms. The van der Waals surface area contributed by atoms with E-state index in [1.54, 1.807) is 13.1 Å². The highest BCUT2D eigenvalue weighted by Crippen LogP contribution is 2.43. The third-order valence-corrected chi connectivity index (χ3v) is 7.85. The Bertz CT molecular complexity index is 247. The van der Waals surface area contributed by atoms with Gasteiger partial charge >= 0.3 is 6.18 Å². The zero-order valence-electron chi connectivity index (χ0n) is 10.8. The third kappa shape index (κ3) is 3.21. The Morgan fingerprint density at radius 2 is 1.44 bits per heavy atom. The molecule has 16 heavy (non-hydrogen) atoms. The lowest BCUT2D eigenvalue weighted by Gasteiger charge is -2.44. The molecule has 0 saturated heterocycles. The molecule has 0 spiro atoms. The number of alkyl halides is 3. The van der Waals surface area contributed by atoms with Gasteiger partial charge in [0.1, 0.15) is 0 Å². The molecule has 0 fully saturated rings. The van der Waals surface area contributed by atoms with Crippen LogP contribution in [-0.2, 0) is 4.43 Å². The standard InChI is InChI=1S/C10H22F3NOSi/c1-8(2,3)16(5,6)15-9(4,7-14)10(11,12)13/h7,14H2,1-6H3. The summed E-state index contributed by atoms with van der Waals surface area (Å²) in [5.74, 6) is 0. The van der Waals surface area contributed by atoms with Gasteiger partial charge in [-0.3, -0.25) is 0 Å². The second-order valence-electron chi connectivity index (χ2n) is 5.80. The predicted molar refractivity (Wildman–Crippen MR) is 61.8 cm³/mol. The highest BCUT2D eigenvalue weighted by molar-refractivity contribution is 6.74. The fourth-order valence-corrected chi connectivity index (χ4v) is 2.56. The van der Waals surface area contributed by atoms with Crippen LogP contribution in [0.3, 0.4) is 0 Å². The van der Waals surface area contributed by atoms with Crippen molar-refractivity contribution in [1.29, 1.82) is 0 Å². The maximum atomic E-state index is 12.8. The van der Waals surface area contributed by atoms with Crippen molar-refractivity contribution in [2.45, 2.75) is 57.6 Å². The summed E-state index contributed by atoms with van der Waals surface area (Å²) >= 11 is 0. The first kappa shape index (κ1) is 15.9. The molecule has 0 aromatic heterocycles. The fraction of sp³-hybridized carbons (Fsp3) is 1.00. The molecule has 2 N–H and O–H groups in total. The highest BCUT2D eigenvalue weighted by atomic mass is 28.4. The summed E-state index contributed by atoms with van der Waals surface area (Å²) in [6.45, 7) is 9.72. The Balaban J connectivity index is 5.08. The summed E-state index contributed by atoms with van der Waals surface area (Å²) in [7, 11) is -2.47. The van der Waals surface area contributed by atoms with Crippen molar-refractivity contribution >= 4 is 8.32 Å². The fourth-order valence-electron chi connectivity index (χ4n) is 0.932. The molecule has 0 radical (unpaired) electrons. The second kappa shape index (κ2) is 4.31. The van der Waals surface area contributed by atoms with Crippen molar-refractivity contribution in [3.8, 4) is 0 Å². The molecule has 6 heteroatoms. The molecule has 1 atom stereocenters. The summed E-state index contributed by atoms with van der Waals surface area (Å²) in [6.07, 6.45) is -4.43. The SMILES string of the molecule is CC(CN)(O[Si](C)(C)C(C)(C)C)C(F)(F)F. The molecule has 0 aromatic rings. The Morgan fingerprint density at radius 3 is 1.62 bits per heavy atom. The van der Waals surface area contributed by atoms with Gasteiger partial charge in [0, 0.05) is 6.54 Å². The van der Waals surface area contributed by atoms with Crippen molar-refractivity contribution in [2.75, 3.05) is 6.54 Å². The largest absolute Gasteiger partial charge is 0.417 e. The minimum atomic E-state index is -4.43. The van der Waals surface area contributed by atoms with Crippen LogP contribution >= 0.6 is 0 Å². The summed E-state index contributed by atoms with van der Waals surface area (Å²) in [5.41, 5.74) is 2.98. The van der Waals surface area contributed by atoms with Gasteiger partial charge in [0.15, 0.2) is 13.9 Å². The lowest BCUT2D eigenvalue weighted by molar-refractivity contribution is -0.241. The van der Waals surface area contributed by atoms with Gasteiger partial charge in [0.25, 0.3) is 0 Å². The van der Waals surface area contributed by atoms with Gasteiger partial charge in [-0.15, -0.1) is 0 Å². The van der Waals surface area contributed by atoms with E-state index in [0.29, 0.717) is 0 Å². The Morgan fingerprint density at radius 1 is 1.06 bits per heavy atom. The molecule has 0 aliphatic rings. The normalized spacial score (nSPS) is 18.4. The molecule has 0 heterocycles. The lowest BCUT2D eigenvalue weighted by Crippen LogP contribution is -2.58. The van der Waals surface area contributed by atoms with E-state index >= 15 is 0 Å². The van der Waals surface area contributed by atoms with Gasteiger partial charge in [-0.1, -0.05) is 20.8 Å². The van der Waals surface area contributed by atoms with Gasteiger partial charge in [0.2, 0.25) is 0 Å². The van der Waals surface area contributed by atoms with Crippen molar-refractivity contribution < 1.29 is 17.6 Å². The van der Waals surface area contributed by atoms with Crippen molar-refractivity contribution in [2.24, 2.45) is 5.73 Å². The molecule has 0 saturated carbocycles. The molecule has 0 aliphatic carbocycles. The van der Waals surface area contributed by atoms with Crippen LogP contribution in [0.2, 0.25) is 18.1 Å². The number of hydrogen-bond acceptors (Lipinski definition) is 2. The van der Waals surface area contributed by atoms with E-state index in [2.05, 4.69) is 0 Å². The van der Waals surface area contributed by atoms with Crippen molar-refractivity contribution in [3.63, 3.8) is 0 Å². The molecular formula is C10H22F3NOSi. The average Bonchev–Trinajstić information content (AvgIpc) is 1.99. The molecule has 0 aromatic carbocycles. The average molecular weight is 257 g/mol. The highest BCUT2D eigenvalue weighted by Gasteiger charge is 2.55. The van der Waals surface area contributed by atoms with Crippen LogP contribution in [0.25, 0.3) is 0 Å². The van der Waals surface area contributed by atoms with Gasteiger partial charge in [0.05, 0.1) is 0 Å². The summed E-state index contributed by atoms with van der Waals surface area (Å²) in [4.78, 5) is 0. The van der Waals surface area contributed by atoms with Crippen LogP contribution in [-0.4, -0.2) is 26.6 Å². The van der Waals surface area contributed by atoms with Crippen molar-refractivity contribution in [3.05, 3.63) is 0 Å². The van der Waals surface area contributed by atoms with Gasteiger partial charge in [-0.05, 0) is 25.1 Å².